The largest absolute Gasteiger partial charge is 0.374 e. The van der Waals surface area contributed by atoms with Gasteiger partial charge in [-0.25, -0.2) is 4.98 Å². The van der Waals surface area contributed by atoms with Crippen LogP contribution < -0.4 is 10.6 Å². The number of halogens is 1. The van der Waals surface area contributed by atoms with Crippen molar-refractivity contribution in [3.8, 4) is 0 Å². The zero-order valence-corrected chi connectivity index (χ0v) is 12.2. The lowest BCUT2D eigenvalue weighted by Gasteiger charge is -2.23. The fourth-order valence-corrected chi connectivity index (χ4v) is 2.48. The Bertz CT molecular complexity index is 637. The Morgan fingerprint density at radius 3 is 3.24 bits per heavy atom. The number of hydrogen-bond donors (Lipinski definition) is 3. The molecule has 0 radical (unpaired) electrons. The molecule has 1 atom stereocenters. The second kappa shape index (κ2) is 6.43. The monoisotopic (exact) mass is 308 g/mol. The minimum absolute atomic E-state index is 0.0391. The van der Waals surface area contributed by atoms with Gasteiger partial charge in [0, 0.05) is 24.7 Å². The highest BCUT2D eigenvalue weighted by atomic mass is 35.5. The van der Waals surface area contributed by atoms with E-state index in [-0.39, 0.29) is 18.4 Å². The first kappa shape index (κ1) is 14.3. The molecule has 1 aromatic heterocycles. The molecule has 1 fully saturated rings. The SMILES string of the molecule is O=C(Cc1nc2ccc(Cl)cc2[nH]1)NC[C@H]1CNCCO1. The van der Waals surface area contributed by atoms with Crippen LogP contribution in [0.5, 0.6) is 0 Å². The van der Waals surface area contributed by atoms with E-state index in [1.165, 1.54) is 0 Å². The van der Waals surface area contributed by atoms with E-state index >= 15 is 0 Å². The van der Waals surface area contributed by atoms with Gasteiger partial charge in [-0.2, -0.15) is 0 Å². The molecule has 3 N–H and O–H groups in total. The highest BCUT2D eigenvalue weighted by molar-refractivity contribution is 6.31. The molecule has 1 amide bonds. The van der Waals surface area contributed by atoms with Crippen molar-refractivity contribution in [2.45, 2.75) is 12.5 Å². The number of fused-ring (bicyclic) bond motifs is 1. The molecular formula is C14H17ClN4O2. The van der Waals surface area contributed by atoms with Crippen molar-refractivity contribution in [1.29, 1.82) is 0 Å². The molecule has 0 bridgehead atoms. The van der Waals surface area contributed by atoms with E-state index < -0.39 is 0 Å². The lowest BCUT2D eigenvalue weighted by Crippen LogP contribution is -2.45. The van der Waals surface area contributed by atoms with Crippen LogP contribution in [-0.2, 0) is 16.0 Å². The van der Waals surface area contributed by atoms with Gasteiger partial charge in [-0.05, 0) is 18.2 Å². The number of carbonyl (C=O) groups excluding carboxylic acids is 1. The number of amides is 1. The average Bonchev–Trinajstić information content (AvgIpc) is 2.87. The first-order valence-electron chi connectivity index (χ1n) is 6.94. The lowest BCUT2D eigenvalue weighted by molar-refractivity contribution is -0.121. The maximum Gasteiger partial charge on any atom is 0.227 e. The number of carbonyl (C=O) groups is 1. The third-order valence-electron chi connectivity index (χ3n) is 3.35. The number of ether oxygens (including phenoxy) is 1. The molecule has 0 aliphatic carbocycles. The number of nitrogens with zero attached hydrogens (tertiary/aromatic N) is 1. The number of aromatic nitrogens is 2. The second-order valence-corrected chi connectivity index (χ2v) is 5.46. The van der Waals surface area contributed by atoms with Crippen molar-refractivity contribution in [3.63, 3.8) is 0 Å². The number of H-pyrrole nitrogens is 1. The van der Waals surface area contributed by atoms with Gasteiger partial charge >= 0.3 is 0 Å². The first-order chi connectivity index (χ1) is 10.2. The van der Waals surface area contributed by atoms with Gasteiger partial charge in [-0.1, -0.05) is 11.6 Å². The first-order valence-corrected chi connectivity index (χ1v) is 7.31. The smallest absolute Gasteiger partial charge is 0.227 e. The molecule has 6 nitrogen and oxygen atoms in total. The van der Waals surface area contributed by atoms with E-state index in [9.17, 15) is 4.79 Å². The summed E-state index contributed by atoms with van der Waals surface area (Å²) >= 11 is 5.92. The summed E-state index contributed by atoms with van der Waals surface area (Å²) in [4.78, 5) is 19.4. The summed E-state index contributed by atoms with van der Waals surface area (Å²) in [5.41, 5.74) is 1.65. The third kappa shape index (κ3) is 3.72. The summed E-state index contributed by atoms with van der Waals surface area (Å²) < 4.78 is 5.52. The molecular weight excluding hydrogens is 292 g/mol. The van der Waals surface area contributed by atoms with E-state index in [0.717, 1.165) is 24.1 Å². The maximum absolute atomic E-state index is 11.9. The molecule has 112 valence electrons. The Kier molecular flexibility index (Phi) is 4.38. The van der Waals surface area contributed by atoms with Gasteiger partial charge in [0.25, 0.3) is 0 Å². The number of benzene rings is 1. The molecule has 2 aromatic rings. The molecule has 2 heterocycles. The molecule has 0 spiro atoms. The Balaban J connectivity index is 1.55. The van der Waals surface area contributed by atoms with E-state index in [4.69, 9.17) is 16.3 Å². The van der Waals surface area contributed by atoms with Crippen molar-refractivity contribution < 1.29 is 9.53 Å². The van der Waals surface area contributed by atoms with E-state index in [1.807, 2.05) is 6.07 Å². The topological polar surface area (TPSA) is 79.0 Å². The van der Waals surface area contributed by atoms with Crippen LogP contribution in [0.2, 0.25) is 5.02 Å². The summed E-state index contributed by atoms with van der Waals surface area (Å²) in [5.74, 6) is 0.557. The fourth-order valence-electron chi connectivity index (χ4n) is 2.31. The third-order valence-corrected chi connectivity index (χ3v) is 3.59. The van der Waals surface area contributed by atoms with E-state index in [0.29, 0.717) is 24.0 Å². The van der Waals surface area contributed by atoms with Crippen molar-refractivity contribution in [2.24, 2.45) is 0 Å². The zero-order chi connectivity index (χ0) is 14.7. The summed E-state index contributed by atoms with van der Waals surface area (Å²) in [5, 5.41) is 6.73. The predicted molar refractivity (Wildman–Crippen MR) is 80.4 cm³/mol. The molecule has 3 rings (SSSR count). The lowest BCUT2D eigenvalue weighted by atomic mass is 10.3. The molecule has 0 saturated carbocycles. The molecule has 1 aromatic carbocycles. The van der Waals surface area contributed by atoms with Gasteiger partial charge in [0.2, 0.25) is 5.91 Å². The van der Waals surface area contributed by atoms with Gasteiger partial charge < -0.3 is 20.4 Å². The predicted octanol–water partition coefficient (Wildman–Crippen LogP) is 0.863. The zero-order valence-electron chi connectivity index (χ0n) is 11.5. The molecule has 1 aliphatic heterocycles. The van der Waals surface area contributed by atoms with Crippen molar-refractivity contribution in [1.82, 2.24) is 20.6 Å². The number of hydrogen-bond acceptors (Lipinski definition) is 4. The summed E-state index contributed by atoms with van der Waals surface area (Å²) in [7, 11) is 0. The van der Waals surface area contributed by atoms with Crippen LogP contribution >= 0.6 is 11.6 Å². The van der Waals surface area contributed by atoms with Gasteiger partial charge in [-0.15, -0.1) is 0 Å². The van der Waals surface area contributed by atoms with Crippen LogP contribution in [0, 0.1) is 0 Å². The summed E-state index contributed by atoms with van der Waals surface area (Å²) in [6, 6.07) is 5.41. The standard InChI is InChI=1S/C14H17ClN4O2/c15-9-1-2-11-12(5-9)19-13(18-11)6-14(20)17-8-10-7-16-3-4-21-10/h1-2,5,10,16H,3-4,6-8H2,(H,17,20)(H,18,19)/t10-/m1/s1. The van der Waals surface area contributed by atoms with Crippen LogP contribution in [0.15, 0.2) is 18.2 Å². The second-order valence-electron chi connectivity index (χ2n) is 5.02. The Morgan fingerprint density at radius 1 is 1.52 bits per heavy atom. The van der Waals surface area contributed by atoms with Crippen LogP contribution in [0.3, 0.4) is 0 Å². The Morgan fingerprint density at radius 2 is 2.43 bits per heavy atom. The molecule has 1 aliphatic rings. The Labute approximate surface area is 127 Å². The minimum Gasteiger partial charge on any atom is -0.374 e. The van der Waals surface area contributed by atoms with Gasteiger partial charge in [0.05, 0.1) is 30.2 Å². The van der Waals surface area contributed by atoms with Crippen molar-refractivity contribution >= 4 is 28.5 Å². The highest BCUT2D eigenvalue weighted by Gasteiger charge is 2.15. The minimum atomic E-state index is -0.0747. The van der Waals surface area contributed by atoms with Gasteiger partial charge in [-0.3, -0.25) is 4.79 Å². The number of nitrogens with one attached hydrogen (secondary N) is 3. The maximum atomic E-state index is 11.9. The number of morpholine rings is 1. The molecule has 0 unspecified atom stereocenters. The van der Waals surface area contributed by atoms with Crippen molar-refractivity contribution in [2.75, 3.05) is 26.2 Å². The average molecular weight is 309 g/mol. The van der Waals surface area contributed by atoms with Crippen LogP contribution in [0.4, 0.5) is 0 Å². The van der Waals surface area contributed by atoms with Crippen LogP contribution in [0.25, 0.3) is 11.0 Å². The Hall–Kier alpha value is -1.63. The van der Waals surface area contributed by atoms with Crippen molar-refractivity contribution in [3.05, 3.63) is 29.0 Å². The van der Waals surface area contributed by atoms with Crippen LogP contribution in [0.1, 0.15) is 5.82 Å². The van der Waals surface area contributed by atoms with E-state index in [1.54, 1.807) is 12.1 Å². The van der Waals surface area contributed by atoms with Gasteiger partial charge in [0.15, 0.2) is 0 Å². The summed E-state index contributed by atoms with van der Waals surface area (Å²) in [6.45, 7) is 2.83. The fraction of sp³-hybridized carbons (Fsp3) is 0.429. The summed E-state index contributed by atoms with van der Waals surface area (Å²) in [6.07, 6.45) is 0.254. The molecule has 1 saturated heterocycles. The highest BCUT2D eigenvalue weighted by Crippen LogP contribution is 2.17. The molecule has 7 heteroatoms. The number of rotatable bonds is 4. The quantitative estimate of drug-likeness (QED) is 0.783. The van der Waals surface area contributed by atoms with E-state index in [2.05, 4.69) is 20.6 Å². The molecule has 21 heavy (non-hydrogen) atoms. The number of imidazole rings is 1. The normalized spacial score (nSPS) is 18.8. The van der Waals surface area contributed by atoms with Gasteiger partial charge in [0.1, 0.15) is 5.82 Å². The van der Waals surface area contributed by atoms with Crippen LogP contribution in [-0.4, -0.2) is 48.2 Å². The number of aromatic amines is 1.